The SMILES string of the molecule is CC(C)[Si](OCCCCC(COC(=O)c1ccccc1)OS(=O)(=O)c1cc(Cl)c(Cl)cc1Cl)(C(C)C)C(C)C. The third-order valence-corrected chi connectivity index (χ3v) is 15.6. The fourth-order valence-corrected chi connectivity index (χ4v) is 12.7. The summed E-state index contributed by atoms with van der Waals surface area (Å²) >= 11 is 18.1. The van der Waals surface area contributed by atoms with Gasteiger partial charge in [-0.05, 0) is 60.2 Å². The first-order valence-electron chi connectivity index (χ1n) is 13.2. The Morgan fingerprint density at radius 2 is 1.41 bits per heavy atom. The normalized spacial score (nSPS) is 13.3. The van der Waals surface area contributed by atoms with Crippen LogP contribution in [0.5, 0.6) is 0 Å². The standard InChI is InChI=1S/C28H39Cl3O6SSi/c1-19(2)39(20(3)4,21(5)6)36-15-11-10-14-23(18-35-28(32)22-12-8-7-9-13-22)37-38(33,34)27-17-25(30)24(29)16-26(27)31/h7-9,12-13,16-17,19-21,23H,10-11,14-15,18H2,1-6H3. The van der Waals surface area contributed by atoms with Crippen LogP contribution in [0.15, 0.2) is 47.4 Å². The quantitative estimate of drug-likeness (QED) is 0.0638. The maximum atomic E-state index is 13.1. The molecule has 1 unspecified atom stereocenters. The smallest absolute Gasteiger partial charge is 0.338 e. The molecule has 0 bridgehead atoms. The fourth-order valence-electron chi connectivity index (χ4n) is 5.14. The van der Waals surface area contributed by atoms with Crippen LogP contribution in [0.3, 0.4) is 0 Å². The molecule has 2 aromatic carbocycles. The molecule has 1 atom stereocenters. The molecule has 0 saturated heterocycles. The van der Waals surface area contributed by atoms with E-state index in [1.165, 1.54) is 6.07 Å². The van der Waals surface area contributed by atoms with E-state index < -0.39 is 30.5 Å². The van der Waals surface area contributed by atoms with Gasteiger partial charge in [0.1, 0.15) is 17.6 Å². The van der Waals surface area contributed by atoms with Crippen LogP contribution in [0.2, 0.25) is 31.7 Å². The Morgan fingerprint density at radius 1 is 0.846 bits per heavy atom. The maximum Gasteiger partial charge on any atom is 0.338 e. The van der Waals surface area contributed by atoms with Crippen LogP contribution < -0.4 is 0 Å². The molecule has 0 radical (unpaired) electrons. The number of ether oxygens (including phenoxy) is 1. The molecule has 0 aliphatic heterocycles. The lowest BCUT2D eigenvalue weighted by molar-refractivity contribution is 0.0301. The number of carbonyl (C=O) groups excluding carboxylic acids is 1. The van der Waals surface area contributed by atoms with Gasteiger partial charge < -0.3 is 9.16 Å². The summed E-state index contributed by atoms with van der Waals surface area (Å²) in [6.45, 7) is 13.7. The summed E-state index contributed by atoms with van der Waals surface area (Å²) in [5.41, 5.74) is 1.75. The highest BCUT2D eigenvalue weighted by atomic mass is 35.5. The molecule has 0 N–H and O–H groups in total. The molecule has 0 spiro atoms. The minimum atomic E-state index is -4.33. The third kappa shape index (κ3) is 9.18. The van der Waals surface area contributed by atoms with Crippen LogP contribution in [0.4, 0.5) is 0 Å². The first-order chi connectivity index (χ1) is 18.2. The molecular weight excluding hydrogens is 599 g/mol. The summed E-state index contributed by atoms with van der Waals surface area (Å²) in [6.07, 6.45) is 0.705. The molecule has 2 aromatic rings. The van der Waals surface area contributed by atoms with Gasteiger partial charge in [0.25, 0.3) is 10.1 Å². The van der Waals surface area contributed by atoms with Gasteiger partial charge in [0.15, 0.2) is 8.32 Å². The van der Waals surface area contributed by atoms with Crippen LogP contribution in [-0.4, -0.2) is 42.0 Å². The molecule has 0 amide bonds. The molecule has 2 rings (SSSR count). The van der Waals surface area contributed by atoms with Crippen molar-refractivity contribution < 1.29 is 26.6 Å². The third-order valence-electron chi connectivity index (χ3n) is 6.90. The number of benzene rings is 2. The van der Waals surface area contributed by atoms with Gasteiger partial charge in [-0.2, -0.15) is 8.42 Å². The van der Waals surface area contributed by atoms with E-state index in [1.807, 2.05) is 0 Å². The highest BCUT2D eigenvalue weighted by Gasteiger charge is 2.44. The lowest BCUT2D eigenvalue weighted by atomic mass is 10.1. The van der Waals surface area contributed by atoms with Crippen molar-refractivity contribution in [1.29, 1.82) is 0 Å². The molecule has 0 aliphatic carbocycles. The van der Waals surface area contributed by atoms with Gasteiger partial charge in [0, 0.05) is 6.61 Å². The van der Waals surface area contributed by atoms with Gasteiger partial charge in [-0.25, -0.2) is 4.79 Å². The summed E-state index contributed by atoms with van der Waals surface area (Å²) in [5, 5.41) is 0.0357. The van der Waals surface area contributed by atoms with E-state index in [0.29, 0.717) is 48.1 Å². The van der Waals surface area contributed by atoms with Crippen molar-refractivity contribution in [2.75, 3.05) is 13.2 Å². The van der Waals surface area contributed by atoms with E-state index in [9.17, 15) is 13.2 Å². The minimum absolute atomic E-state index is 0.0283. The van der Waals surface area contributed by atoms with Crippen molar-refractivity contribution in [3.63, 3.8) is 0 Å². The van der Waals surface area contributed by atoms with Crippen molar-refractivity contribution in [2.45, 2.75) is 88.4 Å². The van der Waals surface area contributed by atoms with E-state index in [-0.39, 0.29) is 26.6 Å². The molecular formula is C28H39Cl3O6SSi. The second-order valence-electron chi connectivity index (χ2n) is 10.5. The van der Waals surface area contributed by atoms with E-state index in [4.69, 9.17) is 48.1 Å². The highest BCUT2D eigenvalue weighted by Crippen LogP contribution is 2.42. The molecule has 0 saturated carbocycles. The zero-order valence-corrected chi connectivity index (χ0v) is 27.5. The first kappa shape index (κ1) is 34.1. The van der Waals surface area contributed by atoms with Crippen molar-refractivity contribution >= 4 is 59.2 Å². The second-order valence-corrected chi connectivity index (χ2v) is 18.7. The number of hydrogen-bond donors (Lipinski definition) is 0. The van der Waals surface area contributed by atoms with E-state index >= 15 is 0 Å². The van der Waals surface area contributed by atoms with Crippen molar-refractivity contribution in [2.24, 2.45) is 0 Å². The molecule has 0 aromatic heterocycles. The summed E-state index contributed by atoms with van der Waals surface area (Å²) in [5.74, 6) is -0.570. The van der Waals surface area contributed by atoms with Crippen LogP contribution in [0.25, 0.3) is 0 Å². The van der Waals surface area contributed by atoms with E-state index in [0.717, 1.165) is 6.07 Å². The summed E-state index contributed by atoms with van der Waals surface area (Å²) in [7, 11) is -6.34. The molecule has 0 heterocycles. The fraction of sp³-hybridized carbons (Fsp3) is 0.536. The molecule has 0 fully saturated rings. The Balaban J connectivity index is 2.13. The number of carbonyl (C=O) groups is 1. The predicted molar refractivity (Wildman–Crippen MR) is 161 cm³/mol. The average Bonchev–Trinajstić information content (AvgIpc) is 2.86. The van der Waals surface area contributed by atoms with Crippen molar-refractivity contribution in [3.8, 4) is 0 Å². The molecule has 6 nitrogen and oxygen atoms in total. The largest absolute Gasteiger partial charge is 0.459 e. The zero-order valence-electron chi connectivity index (χ0n) is 23.4. The number of hydrogen-bond acceptors (Lipinski definition) is 6. The van der Waals surface area contributed by atoms with Crippen molar-refractivity contribution in [3.05, 3.63) is 63.1 Å². The van der Waals surface area contributed by atoms with Gasteiger partial charge >= 0.3 is 5.97 Å². The summed E-state index contributed by atoms with van der Waals surface area (Å²) in [6, 6.07) is 10.9. The molecule has 0 aliphatic rings. The Kier molecular flexibility index (Phi) is 13.3. The summed E-state index contributed by atoms with van der Waals surface area (Å²) in [4.78, 5) is 12.2. The Hall–Kier alpha value is -1.13. The number of rotatable bonds is 15. The Bertz CT molecular complexity index is 1170. The zero-order chi connectivity index (χ0) is 29.4. The maximum absolute atomic E-state index is 13.1. The van der Waals surface area contributed by atoms with Gasteiger partial charge in [-0.15, -0.1) is 0 Å². The Morgan fingerprint density at radius 3 is 1.97 bits per heavy atom. The lowest BCUT2D eigenvalue weighted by Crippen LogP contribution is -2.47. The summed E-state index contributed by atoms with van der Waals surface area (Å²) < 4.78 is 43.8. The van der Waals surface area contributed by atoms with Gasteiger partial charge in [-0.1, -0.05) is 94.5 Å². The highest BCUT2D eigenvalue weighted by molar-refractivity contribution is 7.87. The lowest BCUT2D eigenvalue weighted by Gasteiger charge is -2.42. The van der Waals surface area contributed by atoms with Gasteiger partial charge in [-0.3, -0.25) is 4.18 Å². The molecule has 39 heavy (non-hydrogen) atoms. The number of halogens is 3. The number of esters is 1. The molecule has 218 valence electrons. The second kappa shape index (κ2) is 15.2. The monoisotopic (exact) mass is 636 g/mol. The predicted octanol–water partition coefficient (Wildman–Crippen LogP) is 8.94. The molecule has 11 heteroatoms. The van der Waals surface area contributed by atoms with E-state index in [1.54, 1.807) is 30.3 Å². The first-order valence-corrected chi connectivity index (χ1v) is 17.8. The van der Waals surface area contributed by atoms with Crippen LogP contribution in [-0.2, 0) is 23.5 Å². The topological polar surface area (TPSA) is 78.9 Å². The van der Waals surface area contributed by atoms with Gasteiger partial charge in [0.05, 0.1) is 20.6 Å². The number of unbranched alkanes of at least 4 members (excludes halogenated alkanes) is 1. The van der Waals surface area contributed by atoms with Crippen LogP contribution in [0.1, 0.15) is 71.2 Å². The average molecular weight is 638 g/mol. The van der Waals surface area contributed by atoms with Crippen LogP contribution in [0, 0.1) is 0 Å². The van der Waals surface area contributed by atoms with Crippen molar-refractivity contribution in [1.82, 2.24) is 0 Å². The minimum Gasteiger partial charge on any atom is -0.459 e. The van der Waals surface area contributed by atoms with Gasteiger partial charge in [0.2, 0.25) is 0 Å². The van der Waals surface area contributed by atoms with Crippen LogP contribution >= 0.6 is 34.8 Å². The van der Waals surface area contributed by atoms with E-state index in [2.05, 4.69) is 41.5 Å². The Labute approximate surface area is 249 Å².